The first-order valence-electron chi connectivity index (χ1n) is 10.7. The zero-order chi connectivity index (χ0) is 21.8. The Morgan fingerprint density at radius 1 is 0.935 bits per heavy atom. The largest absolute Gasteiger partial charge is 0.457 e. The number of aromatic nitrogens is 2. The topological polar surface area (TPSA) is 58.6 Å². The van der Waals surface area contributed by atoms with Crippen molar-refractivity contribution in [1.29, 1.82) is 0 Å². The van der Waals surface area contributed by atoms with Gasteiger partial charge in [0.05, 0.1) is 5.56 Å². The lowest BCUT2D eigenvalue weighted by Crippen LogP contribution is -2.49. The second-order valence-corrected chi connectivity index (χ2v) is 8.07. The second kappa shape index (κ2) is 9.16. The highest BCUT2D eigenvalue weighted by molar-refractivity contribution is 5.97. The number of para-hydroxylation sites is 2. The van der Waals surface area contributed by atoms with Gasteiger partial charge in [-0.25, -0.2) is 9.97 Å². The third kappa shape index (κ3) is 4.85. The molecule has 1 aromatic heterocycles. The van der Waals surface area contributed by atoms with Crippen molar-refractivity contribution < 1.29 is 9.53 Å². The standard InChI is InChI=1S/C25H28N4O2/c1-18(2)24-26-19(3)17-23(27-24)28-13-15-29(16-14-28)25(30)21-11-7-8-12-22(21)31-20-9-5-4-6-10-20/h4-12,17-18H,13-16H2,1-3H3. The molecule has 0 unspecified atom stereocenters. The van der Waals surface area contributed by atoms with E-state index in [9.17, 15) is 4.79 Å². The number of amides is 1. The molecule has 0 saturated carbocycles. The van der Waals surface area contributed by atoms with Gasteiger partial charge in [0.25, 0.3) is 5.91 Å². The van der Waals surface area contributed by atoms with E-state index in [0.29, 0.717) is 30.2 Å². The lowest BCUT2D eigenvalue weighted by molar-refractivity contribution is 0.0744. The van der Waals surface area contributed by atoms with Crippen LogP contribution in [0, 0.1) is 6.92 Å². The number of hydrogen-bond acceptors (Lipinski definition) is 5. The molecule has 2 heterocycles. The number of ether oxygens (including phenoxy) is 1. The summed E-state index contributed by atoms with van der Waals surface area (Å²) >= 11 is 0. The zero-order valence-corrected chi connectivity index (χ0v) is 18.3. The van der Waals surface area contributed by atoms with Crippen molar-refractivity contribution in [1.82, 2.24) is 14.9 Å². The molecule has 2 aromatic carbocycles. The van der Waals surface area contributed by atoms with Crippen LogP contribution in [0.25, 0.3) is 0 Å². The monoisotopic (exact) mass is 416 g/mol. The van der Waals surface area contributed by atoms with Crippen LogP contribution in [0.15, 0.2) is 60.7 Å². The van der Waals surface area contributed by atoms with Gasteiger partial charge in [0, 0.05) is 43.9 Å². The number of carbonyl (C=O) groups excluding carboxylic acids is 1. The molecule has 6 heteroatoms. The number of nitrogens with zero attached hydrogens (tertiary/aromatic N) is 4. The normalized spacial score (nSPS) is 14.1. The molecular formula is C25H28N4O2. The van der Waals surface area contributed by atoms with E-state index in [0.717, 1.165) is 30.4 Å². The third-order valence-corrected chi connectivity index (χ3v) is 5.35. The van der Waals surface area contributed by atoms with E-state index in [1.54, 1.807) is 0 Å². The van der Waals surface area contributed by atoms with Gasteiger partial charge in [-0.1, -0.05) is 44.2 Å². The molecule has 0 radical (unpaired) electrons. The fourth-order valence-electron chi connectivity index (χ4n) is 3.65. The van der Waals surface area contributed by atoms with Gasteiger partial charge in [-0.2, -0.15) is 0 Å². The van der Waals surface area contributed by atoms with Crippen molar-refractivity contribution in [3.63, 3.8) is 0 Å². The maximum atomic E-state index is 13.3. The quantitative estimate of drug-likeness (QED) is 0.605. The first-order chi connectivity index (χ1) is 15.0. The van der Waals surface area contributed by atoms with Gasteiger partial charge in [0.15, 0.2) is 0 Å². The average molecular weight is 417 g/mol. The van der Waals surface area contributed by atoms with Crippen molar-refractivity contribution in [2.75, 3.05) is 31.1 Å². The Morgan fingerprint density at radius 2 is 1.61 bits per heavy atom. The van der Waals surface area contributed by atoms with Gasteiger partial charge in [0.1, 0.15) is 23.1 Å². The maximum absolute atomic E-state index is 13.3. The second-order valence-electron chi connectivity index (χ2n) is 8.07. The van der Waals surface area contributed by atoms with Crippen LogP contribution >= 0.6 is 0 Å². The van der Waals surface area contributed by atoms with E-state index in [2.05, 4.69) is 23.7 Å². The van der Waals surface area contributed by atoms with Gasteiger partial charge in [0.2, 0.25) is 0 Å². The maximum Gasteiger partial charge on any atom is 0.257 e. The highest BCUT2D eigenvalue weighted by Gasteiger charge is 2.25. The van der Waals surface area contributed by atoms with Crippen LogP contribution in [-0.2, 0) is 0 Å². The molecule has 4 rings (SSSR count). The van der Waals surface area contributed by atoms with Crippen molar-refractivity contribution in [2.24, 2.45) is 0 Å². The summed E-state index contributed by atoms with van der Waals surface area (Å²) in [5, 5.41) is 0. The Balaban J connectivity index is 1.46. The summed E-state index contributed by atoms with van der Waals surface area (Å²) in [5.41, 5.74) is 1.55. The molecule has 0 spiro atoms. The van der Waals surface area contributed by atoms with Crippen LogP contribution in [0.4, 0.5) is 5.82 Å². The van der Waals surface area contributed by atoms with Gasteiger partial charge >= 0.3 is 0 Å². The first-order valence-corrected chi connectivity index (χ1v) is 10.7. The molecule has 1 fully saturated rings. The number of piperazine rings is 1. The molecule has 31 heavy (non-hydrogen) atoms. The molecule has 1 aliphatic heterocycles. The summed E-state index contributed by atoms with van der Waals surface area (Å²) < 4.78 is 5.99. The summed E-state index contributed by atoms with van der Waals surface area (Å²) in [5.74, 6) is 3.37. The van der Waals surface area contributed by atoms with Gasteiger partial charge in [-0.05, 0) is 31.2 Å². The lowest BCUT2D eigenvalue weighted by Gasteiger charge is -2.36. The molecule has 1 saturated heterocycles. The molecule has 3 aromatic rings. The van der Waals surface area contributed by atoms with Gasteiger partial charge < -0.3 is 14.5 Å². The lowest BCUT2D eigenvalue weighted by atomic mass is 10.1. The predicted octanol–water partition coefficient (Wildman–Crippen LogP) is 4.66. The molecular weight excluding hydrogens is 388 g/mol. The Bertz CT molecular complexity index is 1040. The SMILES string of the molecule is Cc1cc(N2CCN(C(=O)c3ccccc3Oc3ccccc3)CC2)nc(C(C)C)n1. The van der Waals surface area contributed by atoms with E-state index >= 15 is 0 Å². The fraction of sp³-hybridized carbons (Fsp3) is 0.320. The van der Waals surface area contributed by atoms with E-state index in [1.807, 2.05) is 72.5 Å². The van der Waals surface area contributed by atoms with Crippen LogP contribution in [-0.4, -0.2) is 47.0 Å². The number of carbonyl (C=O) groups is 1. The Kier molecular flexibility index (Phi) is 6.16. The molecule has 1 aliphatic rings. The van der Waals surface area contributed by atoms with Crippen molar-refractivity contribution >= 4 is 11.7 Å². The highest BCUT2D eigenvalue weighted by Crippen LogP contribution is 2.27. The highest BCUT2D eigenvalue weighted by atomic mass is 16.5. The van der Waals surface area contributed by atoms with Crippen LogP contribution in [0.3, 0.4) is 0 Å². The van der Waals surface area contributed by atoms with E-state index in [-0.39, 0.29) is 11.8 Å². The molecule has 160 valence electrons. The van der Waals surface area contributed by atoms with Crippen LogP contribution in [0.2, 0.25) is 0 Å². The van der Waals surface area contributed by atoms with Crippen molar-refractivity contribution in [3.05, 3.63) is 77.7 Å². The first kappa shape index (κ1) is 20.8. The molecule has 0 aliphatic carbocycles. The number of hydrogen-bond donors (Lipinski definition) is 0. The summed E-state index contributed by atoms with van der Waals surface area (Å²) in [7, 11) is 0. The number of anilines is 1. The van der Waals surface area contributed by atoms with Crippen LogP contribution in [0.5, 0.6) is 11.5 Å². The Hall–Kier alpha value is -3.41. The van der Waals surface area contributed by atoms with E-state index < -0.39 is 0 Å². The molecule has 0 N–H and O–H groups in total. The summed E-state index contributed by atoms with van der Waals surface area (Å²) in [6.07, 6.45) is 0. The third-order valence-electron chi connectivity index (χ3n) is 5.35. The van der Waals surface area contributed by atoms with Crippen LogP contribution in [0.1, 0.15) is 41.6 Å². The van der Waals surface area contributed by atoms with Gasteiger partial charge in [-0.3, -0.25) is 4.79 Å². The summed E-state index contributed by atoms with van der Waals surface area (Å²) in [6.45, 7) is 8.95. The number of rotatable bonds is 5. The number of benzene rings is 2. The predicted molar refractivity (Wildman–Crippen MR) is 122 cm³/mol. The van der Waals surface area contributed by atoms with Gasteiger partial charge in [-0.15, -0.1) is 0 Å². The van der Waals surface area contributed by atoms with Crippen LogP contribution < -0.4 is 9.64 Å². The van der Waals surface area contributed by atoms with E-state index in [4.69, 9.17) is 9.72 Å². The molecule has 0 bridgehead atoms. The minimum Gasteiger partial charge on any atom is -0.457 e. The average Bonchev–Trinajstić information content (AvgIpc) is 2.79. The van der Waals surface area contributed by atoms with Crippen molar-refractivity contribution in [2.45, 2.75) is 26.7 Å². The zero-order valence-electron chi connectivity index (χ0n) is 18.3. The summed E-state index contributed by atoms with van der Waals surface area (Å²) in [6, 6.07) is 19.0. The van der Waals surface area contributed by atoms with Crippen molar-refractivity contribution in [3.8, 4) is 11.5 Å². The fourth-order valence-corrected chi connectivity index (χ4v) is 3.65. The smallest absolute Gasteiger partial charge is 0.257 e. The molecule has 6 nitrogen and oxygen atoms in total. The Labute approximate surface area is 183 Å². The summed E-state index contributed by atoms with van der Waals surface area (Å²) in [4.78, 5) is 26.7. The van der Waals surface area contributed by atoms with E-state index in [1.165, 1.54) is 0 Å². The molecule has 1 amide bonds. The minimum absolute atomic E-state index is 0.00656. The Morgan fingerprint density at radius 3 is 2.32 bits per heavy atom. The minimum atomic E-state index is -0.00656. The molecule has 0 atom stereocenters. The number of aryl methyl sites for hydroxylation is 1.